The van der Waals surface area contributed by atoms with Gasteiger partial charge in [0.15, 0.2) is 0 Å². The van der Waals surface area contributed by atoms with Crippen LogP contribution in [0.1, 0.15) is 32.6 Å². The molecule has 0 bridgehead atoms. The first-order chi connectivity index (χ1) is 10.2. The monoisotopic (exact) mass is 396 g/mol. The molecule has 0 aromatic carbocycles. The molecule has 0 fully saturated rings. The Morgan fingerprint density at radius 3 is 1.83 bits per heavy atom. The van der Waals surface area contributed by atoms with Gasteiger partial charge in [0, 0.05) is 11.8 Å². The summed E-state index contributed by atoms with van der Waals surface area (Å²) < 4.78 is 116. The smallest absolute Gasteiger partial charge is 0.460 e. The van der Waals surface area contributed by atoms with Crippen molar-refractivity contribution in [3.05, 3.63) is 0 Å². The lowest BCUT2D eigenvalue weighted by Gasteiger charge is -2.32. The van der Waals surface area contributed by atoms with Crippen LogP contribution in [0.4, 0.5) is 39.5 Å². The maximum Gasteiger partial charge on any atom is 0.460 e. The Morgan fingerprint density at radius 2 is 1.39 bits per heavy atom. The highest BCUT2D eigenvalue weighted by Crippen LogP contribution is 2.56. The van der Waals surface area contributed by atoms with Gasteiger partial charge in [-0.3, -0.25) is 0 Å². The van der Waals surface area contributed by atoms with Crippen molar-refractivity contribution in [1.82, 2.24) is 0 Å². The van der Waals surface area contributed by atoms with Crippen molar-refractivity contribution in [3.63, 3.8) is 0 Å². The molecule has 0 atom stereocenters. The van der Waals surface area contributed by atoms with Crippen LogP contribution >= 0.6 is 24.0 Å². The molecular formula is C11H13F9OS2. The van der Waals surface area contributed by atoms with Crippen LogP contribution < -0.4 is 0 Å². The topological polar surface area (TPSA) is 9.23 Å². The van der Waals surface area contributed by atoms with E-state index in [2.05, 4.69) is 17.0 Å². The van der Waals surface area contributed by atoms with E-state index in [4.69, 9.17) is 0 Å². The summed E-state index contributed by atoms with van der Waals surface area (Å²) in [5, 5.41) is -5.80. The van der Waals surface area contributed by atoms with Crippen LogP contribution in [0.5, 0.6) is 0 Å². The Hall–Kier alpha value is -0.390. The van der Waals surface area contributed by atoms with Crippen molar-refractivity contribution in [2.75, 3.05) is 6.61 Å². The number of unbranched alkanes of at least 4 members (excludes halogenated alkanes) is 3. The molecule has 0 aromatic rings. The molecular weight excluding hydrogens is 383 g/mol. The normalized spacial score (nSPS) is 14.0. The summed E-state index contributed by atoms with van der Waals surface area (Å²) in [7, 11) is 0. The average molecular weight is 396 g/mol. The maximum absolute atomic E-state index is 13.2. The van der Waals surface area contributed by atoms with Gasteiger partial charge in [-0.1, -0.05) is 26.2 Å². The molecule has 0 spiro atoms. The van der Waals surface area contributed by atoms with Gasteiger partial charge < -0.3 is 4.74 Å². The molecule has 0 amide bonds. The summed E-state index contributed by atoms with van der Waals surface area (Å²) in [5.74, 6) is -13.6. The minimum atomic E-state index is -6.92. The van der Waals surface area contributed by atoms with Crippen LogP contribution in [-0.2, 0) is 4.74 Å². The van der Waals surface area contributed by atoms with E-state index in [9.17, 15) is 39.5 Å². The molecule has 0 saturated heterocycles. The summed E-state index contributed by atoms with van der Waals surface area (Å²) in [6.07, 6.45) is -4.24. The third-order valence-electron chi connectivity index (χ3n) is 2.55. The highest BCUT2D eigenvalue weighted by atomic mass is 32.2. The molecule has 0 aliphatic carbocycles. The van der Waals surface area contributed by atoms with Crippen molar-refractivity contribution >= 4 is 28.4 Å². The van der Waals surface area contributed by atoms with E-state index in [0.717, 1.165) is 12.8 Å². The zero-order valence-electron chi connectivity index (χ0n) is 11.7. The van der Waals surface area contributed by atoms with Crippen LogP contribution in [0.25, 0.3) is 0 Å². The highest BCUT2D eigenvalue weighted by molar-refractivity contribution is 8.23. The highest BCUT2D eigenvalue weighted by Gasteiger charge is 2.82. The zero-order chi connectivity index (χ0) is 18.5. The van der Waals surface area contributed by atoms with E-state index in [0.29, 0.717) is 12.8 Å². The van der Waals surface area contributed by atoms with Gasteiger partial charge in [0.05, 0.1) is 6.61 Å². The summed E-state index contributed by atoms with van der Waals surface area (Å²) in [5.41, 5.74) is 0. The second-order valence-electron chi connectivity index (χ2n) is 4.42. The molecule has 0 N–H and O–H groups in total. The van der Waals surface area contributed by atoms with E-state index in [-0.39, 0.29) is 6.61 Å². The standard InChI is InChI=1S/C11H13F9OS2/c1-2-3-4-5-6-21-7(22)23-11(19,20)9(14,15)8(12,13)10(16,17)18/h2-6H2,1H3. The SMILES string of the molecule is CCCCCCOC(=S)SC(F)(F)C(F)(F)C(F)(F)C(F)(F)F. The number of hydrogen-bond donors (Lipinski definition) is 0. The van der Waals surface area contributed by atoms with Crippen molar-refractivity contribution in [3.8, 4) is 0 Å². The Balaban J connectivity index is 4.81. The molecule has 0 aromatic heterocycles. The van der Waals surface area contributed by atoms with Crippen LogP contribution in [0, 0.1) is 0 Å². The van der Waals surface area contributed by atoms with Gasteiger partial charge in [-0.25, -0.2) is 0 Å². The van der Waals surface area contributed by atoms with Gasteiger partial charge in [-0.2, -0.15) is 39.5 Å². The largest absolute Gasteiger partial charge is 0.478 e. The lowest BCUT2D eigenvalue weighted by Crippen LogP contribution is -2.59. The number of hydrogen-bond acceptors (Lipinski definition) is 3. The Kier molecular flexibility index (Phi) is 7.99. The average Bonchev–Trinajstić information content (AvgIpc) is 2.36. The van der Waals surface area contributed by atoms with Crippen LogP contribution in [-0.4, -0.2) is 34.3 Å². The Bertz CT molecular complexity index is 395. The molecule has 0 radical (unpaired) electrons. The van der Waals surface area contributed by atoms with E-state index in [1.807, 2.05) is 6.92 Å². The molecule has 0 aliphatic heterocycles. The fourth-order valence-corrected chi connectivity index (χ4v) is 2.25. The predicted molar refractivity (Wildman–Crippen MR) is 71.2 cm³/mol. The molecule has 0 heterocycles. The number of thioether (sulfide) groups is 1. The fraction of sp³-hybridized carbons (Fsp3) is 0.909. The number of rotatable bonds is 8. The quantitative estimate of drug-likeness (QED) is 0.282. The first kappa shape index (κ1) is 22.6. The first-order valence-electron chi connectivity index (χ1n) is 6.26. The fourth-order valence-electron chi connectivity index (χ4n) is 1.24. The molecule has 23 heavy (non-hydrogen) atoms. The Morgan fingerprint density at radius 1 is 0.870 bits per heavy atom. The van der Waals surface area contributed by atoms with Gasteiger partial charge >= 0.3 is 23.3 Å². The molecule has 1 nitrogen and oxygen atoms in total. The van der Waals surface area contributed by atoms with Gasteiger partial charge in [0.25, 0.3) is 0 Å². The van der Waals surface area contributed by atoms with Crippen molar-refractivity contribution in [2.45, 2.75) is 55.9 Å². The van der Waals surface area contributed by atoms with E-state index in [1.54, 1.807) is 0 Å². The molecule has 12 heteroatoms. The van der Waals surface area contributed by atoms with Crippen LogP contribution in [0.3, 0.4) is 0 Å². The second-order valence-corrected chi connectivity index (χ2v) is 6.14. The second kappa shape index (κ2) is 8.13. The molecule has 0 unspecified atom stereocenters. The van der Waals surface area contributed by atoms with Crippen molar-refractivity contribution < 1.29 is 44.3 Å². The number of alkyl halides is 9. The minimum absolute atomic E-state index is 0.233. The number of thiocarbonyl (C=S) groups is 1. The summed E-state index contributed by atoms with van der Waals surface area (Å²) >= 11 is 2.83. The van der Waals surface area contributed by atoms with Crippen LogP contribution in [0.2, 0.25) is 0 Å². The predicted octanol–water partition coefficient (Wildman–Crippen LogP) is 6.03. The van der Waals surface area contributed by atoms with Gasteiger partial charge in [0.2, 0.25) is 4.38 Å². The first-order valence-corrected chi connectivity index (χ1v) is 7.49. The van der Waals surface area contributed by atoms with Gasteiger partial charge in [0.1, 0.15) is 0 Å². The maximum atomic E-state index is 13.2. The van der Waals surface area contributed by atoms with Gasteiger partial charge in [-0.05, 0) is 18.6 Å². The van der Waals surface area contributed by atoms with Crippen molar-refractivity contribution in [2.24, 2.45) is 0 Å². The molecule has 0 saturated carbocycles. The Labute approximate surface area is 135 Å². The summed E-state index contributed by atoms with van der Waals surface area (Å²) in [4.78, 5) is 0. The summed E-state index contributed by atoms with van der Waals surface area (Å²) in [6, 6.07) is 0. The van der Waals surface area contributed by atoms with Crippen molar-refractivity contribution in [1.29, 1.82) is 0 Å². The number of halogens is 9. The summed E-state index contributed by atoms with van der Waals surface area (Å²) in [6.45, 7) is 1.65. The molecule has 0 rings (SSSR count). The van der Waals surface area contributed by atoms with Gasteiger partial charge in [-0.15, -0.1) is 0 Å². The lowest BCUT2D eigenvalue weighted by molar-refractivity contribution is -0.381. The van der Waals surface area contributed by atoms with Crippen LogP contribution in [0.15, 0.2) is 0 Å². The third kappa shape index (κ3) is 5.57. The molecule has 138 valence electrons. The minimum Gasteiger partial charge on any atom is -0.478 e. The third-order valence-corrected chi connectivity index (χ3v) is 3.71. The molecule has 0 aliphatic rings. The lowest BCUT2D eigenvalue weighted by atomic mass is 10.1. The van der Waals surface area contributed by atoms with E-state index < -0.39 is 39.4 Å². The number of ether oxygens (including phenoxy) is 1. The van der Waals surface area contributed by atoms with E-state index >= 15 is 0 Å². The zero-order valence-corrected chi connectivity index (χ0v) is 13.3. The van der Waals surface area contributed by atoms with E-state index in [1.165, 1.54) is 0 Å².